The van der Waals surface area contributed by atoms with Crippen molar-refractivity contribution in [2.24, 2.45) is 0 Å². The molecule has 0 aliphatic carbocycles. The Morgan fingerprint density at radius 1 is 0.929 bits per heavy atom. The summed E-state index contributed by atoms with van der Waals surface area (Å²) in [5, 5.41) is 1.89. The number of imidazole rings is 1. The maximum atomic E-state index is 13.1. The number of halogens is 6. The van der Waals surface area contributed by atoms with E-state index in [9.17, 15) is 26.3 Å². The van der Waals surface area contributed by atoms with Gasteiger partial charge in [-0.15, -0.1) is 0 Å². The number of fused-ring (bicyclic) bond motifs is 3. The lowest BCUT2D eigenvalue weighted by atomic mass is 10.0. The molecule has 0 spiro atoms. The van der Waals surface area contributed by atoms with Crippen molar-refractivity contribution in [1.29, 1.82) is 0 Å². The fourth-order valence-electron chi connectivity index (χ4n) is 3.30. The van der Waals surface area contributed by atoms with Crippen LogP contribution in [0.5, 0.6) is 0 Å². The molecule has 4 rings (SSSR count). The fourth-order valence-corrected chi connectivity index (χ4v) is 4.32. The predicted octanol–water partition coefficient (Wildman–Crippen LogP) is 5.84. The van der Waals surface area contributed by atoms with Crippen LogP contribution in [0.2, 0.25) is 0 Å². The summed E-state index contributed by atoms with van der Waals surface area (Å²) in [4.78, 5) is 0.740. The number of aromatic nitrogens is 2. The monoisotopic (exact) mass is 415 g/mol. The van der Waals surface area contributed by atoms with Gasteiger partial charge in [0, 0.05) is 5.38 Å². The summed E-state index contributed by atoms with van der Waals surface area (Å²) in [7, 11) is 0. The van der Waals surface area contributed by atoms with Crippen molar-refractivity contribution in [3.05, 3.63) is 70.2 Å². The molecule has 4 aromatic rings. The highest BCUT2D eigenvalue weighted by Crippen LogP contribution is 2.36. The zero-order valence-electron chi connectivity index (χ0n) is 14.4. The smallest absolute Gasteiger partial charge is 0.209 e. The summed E-state index contributed by atoms with van der Waals surface area (Å²) in [6, 6.07) is 8.99. The Hall–Kier alpha value is -2.55. The first kappa shape index (κ1) is 18.8. The molecule has 0 fully saturated rings. The van der Waals surface area contributed by atoms with E-state index >= 15 is 0 Å². The van der Waals surface area contributed by atoms with Crippen LogP contribution < -0.4 is 4.57 Å². The van der Waals surface area contributed by atoms with Crippen LogP contribution in [0.15, 0.2) is 47.8 Å². The number of aryl methyl sites for hydroxylation is 1. The molecule has 2 aromatic heterocycles. The maximum absolute atomic E-state index is 13.1. The Kier molecular flexibility index (Phi) is 4.18. The quantitative estimate of drug-likeness (QED) is 0.287. The van der Waals surface area contributed by atoms with E-state index in [4.69, 9.17) is 0 Å². The highest BCUT2D eigenvalue weighted by atomic mass is 32.1. The Morgan fingerprint density at radius 2 is 1.54 bits per heavy atom. The molecular weight excluding hydrogens is 402 g/mol. The van der Waals surface area contributed by atoms with Gasteiger partial charge in [0.15, 0.2) is 11.0 Å². The average Bonchev–Trinajstić information content (AvgIpc) is 3.13. The van der Waals surface area contributed by atoms with Crippen molar-refractivity contribution in [3.63, 3.8) is 0 Å². The highest BCUT2D eigenvalue weighted by molar-refractivity contribution is 7.14. The van der Waals surface area contributed by atoms with Crippen LogP contribution in [0.1, 0.15) is 22.4 Å². The van der Waals surface area contributed by atoms with E-state index in [2.05, 4.69) is 0 Å². The summed E-state index contributed by atoms with van der Waals surface area (Å²) in [5.41, 5.74) is -0.144. The second kappa shape index (κ2) is 6.23. The van der Waals surface area contributed by atoms with Crippen LogP contribution in [-0.4, -0.2) is 4.40 Å². The zero-order chi connectivity index (χ0) is 20.3. The summed E-state index contributed by atoms with van der Waals surface area (Å²) in [5.74, 6) is 0. The van der Waals surface area contributed by atoms with Crippen LogP contribution in [0.4, 0.5) is 26.3 Å². The molecular formula is C19H13F6N2S+. The second-order valence-corrected chi connectivity index (χ2v) is 7.32. The Morgan fingerprint density at radius 3 is 2.14 bits per heavy atom. The molecule has 0 aliphatic heterocycles. The number of thiazole rings is 1. The Balaban J connectivity index is 1.92. The topological polar surface area (TPSA) is 8.29 Å². The molecule has 0 saturated heterocycles. The first-order valence-electron chi connectivity index (χ1n) is 8.21. The molecule has 0 saturated carbocycles. The summed E-state index contributed by atoms with van der Waals surface area (Å²) >= 11 is 1.39. The second-order valence-electron chi connectivity index (χ2n) is 6.48. The lowest BCUT2D eigenvalue weighted by Gasteiger charge is -2.13. The molecule has 0 bridgehead atoms. The first-order chi connectivity index (χ1) is 13.1. The Bertz CT molecular complexity index is 1150. The van der Waals surface area contributed by atoms with Gasteiger partial charge >= 0.3 is 17.3 Å². The molecule has 0 radical (unpaired) electrons. The van der Waals surface area contributed by atoms with Crippen LogP contribution in [0.25, 0.3) is 16.0 Å². The summed E-state index contributed by atoms with van der Waals surface area (Å²) in [6.07, 6.45) is -9.73. The van der Waals surface area contributed by atoms with E-state index < -0.39 is 23.5 Å². The largest absolute Gasteiger partial charge is 0.416 e. The van der Waals surface area contributed by atoms with E-state index in [0.29, 0.717) is 0 Å². The highest BCUT2D eigenvalue weighted by Gasteiger charge is 2.37. The minimum absolute atomic E-state index is 0.0588. The van der Waals surface area contributed by atoms with Gasteiger partial charge in [0.25, 0.3) is 0 Å². The third-order valence-electron chi connectivity index (χ3n) is 4.51. The summed E-state index contributed by atoms with van der Waals surface area (Å²) < 4.78 is 82.6. The van der Waals surface area contributed by atoms with Gasteiger partial charge in [0.1, 0.15) is 12.2 Å². The standard InChI is InChI=1S/C19H13F6N2S/c1-11-10-28-17-26(15-4-2-3-5-16(15)27(11)17)9-12-6-13(18(20,21)22)8-14(7-12)19(23,24)25/h2-8,10H,9H2,1H3/q+1. The van der Waals surface area contributed by atoms with Gasteiger partial charge in [-0.1, -0.05) is 23.5 Å². The number of benzene rings is 2. The number of hydrogen-bond acceptors (Lipinski definition) is 1. The normalized spacial score (nSPS) is 13.0. The van der Waals surface area contributed by atoms with Crippen molar-refractivity contribution in [2.45, 2.75) is 25.8 Å². The Labute approximate surface area is 159 Å². The van der Waals surface area contributed by atoms with Gasteiger partial charge in [0.05, 0.1) is 11.1 Å². The average molecular weight is 415 g/mol. The lowest BCUT2D eigenvalue weighted by molar-refractivity contribution is -0.634. The molecule has 28 heavy (non-hydrogen) atoms. The SMILES string of the molecule is Cc1csc2n1c1ccccc1[n+]2Cc1cc(C(F)(F)F)cc(C(F)(F)F)c1. The van der Waals surface area contributed by atoms with Gasteiger partial charge < -0.3 is 0 Å². The van der Waals surface area contributed by atoms with E-state index in [1.165, 1.54) is 11.3 Å². The van der Waals surface area contributed by atoms with E-state index in [-0.39, 0.29) is 18.2 Å². The van der Waals surface area contributed by atoms with Crippen molar-refractivity contribution in [3.8, 4) is 0 Å². The molecule has 0 N–H and O–H groups in total. The van der Waals surface area contributed by atoms with Crippen LogP contribution in [-0.2, 0) is 18.9 Å². The van der Waals surface area contributed by atoms with Crippen molar-refractivity contribution in [1.82, 2.24) is 4.40 Å². The van der Waals surface area contributed by atoms with Crippen LogP contribution in [0.3, 0.4) is 0 Å². The van der Waals surface area contributed by atoms with Gasteiger partial charge in [-0.25, -0.2) is 4.57 Å². The number of nitrogens with zero attached hydrogens (tertiary/aromatic N) is 2. The van der Waals surface area contributed by atoms with Gasteiger partial charge in [-0.05, 0) is 42.8 Å². The molecule has 2 nitrogen and oxygen atoms in total. The number of para-hydroxylation sites is 2. The zero-order valence-corrected chi connectivity index (χ0v) is 15.2. The first-order valence-corrected chi connectivity index (χ1v) is 9.09. The molecule has 0 unspecified atom stereocenters. The van der Waals surface area contributed by atoms with Gasteiger partial charge in [-0.2, -0.15) is 30.7 Å². The fraction of sp³-hybridized carbons (Fsp3) is 0.211. The third kappa shape index (κ3) is 3.13. The number of alkyl halides is 6. The molecule has 9 heteroatoms. The molecule has 0 aliphatic rings. The molecule has 0 amide bonds. The van der Waals surface area contributed by atoms with Crippen molar-refractivity contribution >= 4 is 27.3 Å². The van der Waals surface area contributed by atoms with Gasteiger partial charge in [0.2, 0.25) is 0 Å². The minimum Gasteiger partial charge on any atom is -0.209 e. The van der Waals surface area contributed by atoms with E-state index in [1.54, 1.807) is 16.7 Å². The molecule has 146 valence electrons. The van der Waals surface area contributed by atoms with Crippen molar-refractivity contribution in [2.75, 3.05) is 0 Å². The third-order valence-corrected chi connectivity index (χ3v) is 5.58. The van der Waals surface area contributed by atoms with Gasteiger partial charge in [-0.3, -0.25) is 0 Å². The predicted molar refractivity (Wildman–Crippen MR) is 93.3 cm³/mol. The van der Waals surface area contributed by atoms with E-state index in [1.807, 2.05) is 28.8 Å². The van der Waals surface area contributed by atoms with Crippen LogP contribution >= 0.6 is 11.3 Å². The molecule has 0 atom stereocenters. The maximum Gasteiger partial charge on any atom is 0.416 e. The number of rotatable bonds is 2. The minimum atomic E-state index is -4.86. The van der Waals surface area contributed by atoms with Crippen LogP contribution in [0, 0.1) is 6.92 Å². The number of hydrogen-bond donors (Lipinski definition) is 0. The van der Waals surface area contributed by atoms with E-state index in [0.717, 1.165) is 33.8 Å². The molecule has 2 heterocycles. The molecule has 2 aromatic carbocycles. The summed E-state index contributed by atoms with van der Waals surface area (Å²) in [6.45, 7) is 1.79. The van der Waals surface area contributed by atoms with Crippen molar-refractivity contribution < 1.29 is 30.9 Å². The lowest BCUT2D eigenvalue weighted by Crippen LogP contribution is -2.33.